The van der Waals surface area contributed by atoms with Gasteiger partial charge in [0.1, 0.15) is 11.6 Å². The number of esters is 1. The average Bonchev–Trinajstić information content (AvgIpc) is 2.62. The molecule has 0 fully saturated rings. The molecule has 29 heavy (non-hydrogen) atoms. The highest BCUT2D eigenvalue weighted by Crippen LogP contribution is 2.09. The SMILES string of the molecule is CCOC(=O)[C@H](CCCCNC(=O)CCCCCN=[N+]=[N-])NC(=O)OC(C)(C)C. The lowest BCUT2D eigenvalue weighted by Gasteiger charge is -2.22. The van der Waals surface area contributed by atoms with Crippen molar-refractivity contribution in [1.82, 2.24) is 10.6 Å². The van der Waals surface area contributed by atoms with Crippen LogP contribution in [0.3, 0.4) is 0 Å². The fraction of sp³-hybridized carbons (Fsp3) is 0.842. The molecule has 0 aliphatic carbocycles. The van der Waals surface area contributed by atoms with E-state index in [-0.39, 0.29) is 12.5 Å². The van der Waals surface area contributed by atoms with Crippen LogP contribution >= 0.6 is 0 Å². The predicted octanol–water partition coefficient (Wildman–Crippen LogP) is 3.60. The molecule has 0 unspecified atom stereocenters. The number of nitrogens with zero attached hydrogens (tertiary/aromatic N) is 3. The highest BCUT2D eigenvalue weighted by atomic mass is 16.6. The number of azide groups is 1. The van der Waals surface area contributed by atoms with E-state index in [4.69, 9.17) is 15.0 Å². The lowest BCUT2D eigenvalue weighted by Crippen LogP contribution is -2.44. The number of ether oxygens (including phenoxy) is 2. The minimum Gasteiger partial charge on any atom is -0.464 e. The minimum absolute atomic E-state index is 0.0254. The van der Waals surface area contributed by atoms with Crippen LogP contribution in [0.2, 0.25) is 0 Å². The van der Waals surface area contributed by atoms with Gasteiger partial charge in [-0.2, -0.15) is 0 Å². The van der Waals surface area contributed by atoms with Crippen molar-refractivity contribution in [3.05, 3.63) is 10.4 Å². The van der Waals surface area contributed by atoms with Crippen LogP contribution in [0.5, 0.6) is 0 Å². The summed E-state index contributed by atoms with van der Waals surface area (Å²) in [4.78, 5) is 38.4. The third-order valence-corrected chi connectivity index (χ3v) is 3.73. The summed E-state index contributed by atoms with van der Waals surface area (Å²) in [7, 11) is 0. The number of unbranched alkanes of at least 4 members (excludes halogenated alkanes) is 3. The van der Waals surface area contributed by atoms with Crippen molar-refractivity contribution >= 4 is 18.0 Å². The van der Waals surface area contributed by atoms with Crippen LogP contribution in [0.15, 0.2) is 5.11 Å². The maximum atomic E-state index is 12.0. The zero-order chi connectivity index (χ0) is 22.1. The Morgan fingerprint density at radius 2 is 1.83 bits per heavy atom. The van der Waals surface area contributed by atoms with E-state index in [0.29, 0.717) is 38.8 Å². The fourth-order valence-corrected chi connectivity index (χ4v) is 2.42. The summed E-state index contributed by atoms with van der Waals surface area (Å²) in [6, 6.07) is -0.781. The predicted molar refractivity (Wildman–Crippen MR) is 109 cm³/mol. The van der Waals surface area contributed by atoms with Crippen LogP contribution in [0, 0.1) is 0 Å². The van der Waals surface area contributed by atoms with Gasteiger partial charge < -0.3 is 20.1 Å². The second-order valence-corrected chi connectivity index (χ2v) is 7.56. The highest BCUT2D eigenvalue weighted by Gasteiger charge is 2.24. The van der Waals surface area contributed by atoms with Crippen molar-refractivity contribution in [3.8, 4) is 0 Å². The van der Waals surface area contributed by atoms with Gasteiger partial charge in [-0.1, -0.05) is 11.5 Å². The Hall–Kier alpha value is -2.48. The highest BCUT2D eigenvalue weighted by molar-refractivity contribution is 5.81. The van der Waals surface area contributed by atoms with Crippen molar-refractivity contribution in [1.29, 1.82) is 0 Å². The standard InChI is InChI=1S/C19H35N5O5/c1-5-28-17(26)15(23-18(27)29-19(2,3)4)11-8-10-13-21-16(25)12-7-6-9-14-22-24-20/h15H,5-14H2,1-4H3,(H,21,25)(H,23,27)/t15-/m0/s1. The van der Waals surface area contributed by atoms with Gasteiger partial charge in [-0.25, -0.2) is 9.59 Å². The summed E-state index contributed by atoms with van der Waals surface area (Å²) in [5.74, 6) is -0.522. The molecule has 0 aromatic carbocycles. The summed E-state index contributed by atoms with van der Waals surface area (Å²) in [6.45, 7) is 8.12. The number of hydrogen-bond acceptors (Lipinski definition) is 6. The molecule has 0 aromatic rings. The van der Waals surface area contributed by atoms with Crippen LogP contribution in [0.1, 0.15) is 72.6 Å². The minimum atomic E-state index is -0.781. The van der Waals surface area contributed by atoms with Crippen LogP contribution in [0.4, 0.5) is 4.79 Å². The van der Waals surface area contributed by atoms with Crippen LogP contribution in [-0.2, 0) is 19.1 Å². The molecule has 10 nitrogen and oxygen atoms in total. The molecule has 0 spiro atoms. The largest absolute Gasteiger partial charge is 0.464 e. The van der Waals surface area contributed by atoms with Crippen molar-refractivity contribution in [2.45, 2.75) is 84.3 Å². The van der Waals surface area contributed by atoms with E-state index in [1.165, 1.54) is 0 Å². The van der Waals surface area contributed by atoms with Gasteiger partial charge in [-0.3, -0.25) is 4.79 Å². The van der Waals surface area contributed by atoms with Gasteiger partial charge >= 0.3 is 12.1 Å². The first-order valence-electron chi connectivity index (χ1n) is 10.1. The number of amides is 2. The van der Waals surface area contributed by atoms with E-state index in [1.807, 2.05) is 0 Å². The monoisotopic (exact) mass is 413 g/mol. The number of carbonyl (C=O) groups is 3. The van der Waals surface area contributed by atoms with Crippen LogP contribution in [0.25, 0.3) is 10.4 Å². The van der Waals surface area contributed by atoms with Crippen molar-refractivity contribution in [2.75, 3.05) is 19.7 Å². The summed E-state index contributed by atoms with van der Waals surface area (Å²) in [6.07, 6.45) is 3.83. The third-order valence-electron chi connectivity index (χ3n) is 3.73. The fourth-order valence-electron chi connectivity index (χ4n) is 2.42. The van der Waals surface area contributed by atoms with Gasteiger partial charge in [0.2, 0.25) is 5.91 Å². The maximum absolute atomic E-state index is 12.0. The average molecular weight is 414 g/mol. The van der Waals surface area contributed by atoms with Crippen molar-refractivity contribution in [2.24, 2.45) is 5.11 Å². The van der Waals surface area contributed by atoms with Crippen LogP contribution in [-0.4, -0.2) is 49.3 Å². The van der Waals surface area contributed by atoms with Crippen molar-refractivity contribution < 1.29 is 23.9 Å². The molecule has 0 aliphatic rings. The zero-order valence-electron chi connectivity index (χ0n) is 18.0. The van der Waals surface area contributed by atoms with Crippen LogP contribution < -0.4 is 10.6 Å². The molecule has 0 saturated heterocycles. The molecule has 0 saturated carbocycles. The van der Waals surface area contributed by atoms with Gasteiger partial charge in [0.15, 0.2) is 0 Å². The molecule has 0 bridgehead atoms. The molecule has 2 amide bonds. The van der Waals surface area contributed by atoms with E-state index < -0.39 is 23.7 Å². The Kier molecular flexibility index (Phi) is 14.1. The van der Waals surface area contributed by atoms with Gasteiger partial charge in [-0.15, -0.1) is 0 Å². The number of rotatable bonds is 14. The molecule has 1 atom stereocenters. The smallest absolute Gasteiger partial charge is 0.408 e. The summed E-state index contributed by atoms with van der Waals surface area (Å²) in [5, 5.41) is 8.83. The maximum Gasteiger partial charge on any atom is 0.408 e. The number of carbonyl (C=O) groups excluding carboxylic acids is 3. The van der Waals surface area contributed by atoms with E-state index in [2.05, 4.69) is 20.7 Å². The van der Waals surface area contributed by atoms with Gasteiger partial charge in [0.25, 0.3) is 0 Å². The topological polar surface area (TPSA) is 142 Å². The Morgan fingerprint density at radius 1 is 1.10 bits per heavy atom. The first-order valence-corrected chi connectivity index (χ1v) is 10.1. The quantitative estimate of drug-likeness (QED) is 0.147. The van der Waals surface area contributed by atoms with Gasteiger partial charge in [0.05, 0.1) is 6.61 Å². The van der Waals surface area contributed by atoms with E-state index in [9.17, 15) is 14.4 Å². The molecule has 0 aliphatic heterocycles. The van der Waals surface area contributed by atoms with Crippen molar-refractivity contribution in [3.63, 3.8) is 0 Å². The first-order chi connectivity index (χ1) is 13.7. The first kappa shape index (κ1) is 26.5. The molecule has 166 valence electrons. The second-order valence-electron chi connectivity index (χ2n) is 7.56. The lowest BCUT2D eigenvalue weighted by molar-refractivity contribution is -0.145. The molecule has 10 heteroatoms. The summed E-state index contributed by atoms with van der Waals surface area (Å²) in [5.41, 5.74) is 7.52. The molecule has 0 aromatic heterocycles. The Labute approximate surface area is 172 Å². The normalized spacial score (nSPS) is 11.7. The molecule has 2 N–H and O–H groups in total. The molecular formula is C19H35N5O5. The van der Waals surface area contributed by atoms with E-state index >= 15 is 0 Å². The second kappa shape index (κ2) is 15.4. The van der Waals surface area contributed by atoms with Gasteiger partial charge in [0, 0.05) is 24.4 Å². The zero-order valence-corrected chi connectivity index (χ0v) is 18.0. The summed E-state index contributed by atoms with van der Waals surface area (Å²) >= 11 is 0. The van der Waals surface area contributed by atoms with E-state index in [0.717, 1.165) is 19.3 Å². The molecule has 0 heterocycles. The third kappa shape index (κ3) is 16.2. The number of alkyl carbamates (subject to hydrolysis) is 1. The number of nitrogens with one attached hydrogen (secondary N) is 2. The Bertz CT molecular complexity index is 556. The molecule has 0 radical (unpaired) electrons. The molecular weight excluding hydrogens is 378 g/mol. The summed E-state index contributed by atoms with van der Waals surface area (Å²) < 4.78 is 10.2. The molecule has 0 rings (SSSR count). The van der Waals surface area contributed by atoms with Gasteiger partial charge in [-0.05, 0) is 65.3 Å². The van der Waals surface area contributed by atoms with E-state index in [1.54, 1.807) is 27.7 Å². The lowest BCUT2D eigenvalue weighted by atomic mass is 10.1. The number of hydrogen-bond donors (Lipinski definition) is 2. The Morgan fingerprint density at radius 3 is 2.45 bits per heavy atom. The Balaban J connectivity index is 4.11.